The molecule has 0 radical (unpaired) electrons. The summed E-state index contributed by atoms with van der Waals surface area (Å²) in [5, 5.41) is 1.91. The Bertz CT molecular complexity index is 1710. The van der Waals surface area contributed by atoms with Gasteiger partial charge in [-0.2, -0.15) is 0 Å². The lowest BCUT2D eigenvalue weighted by molar-refractivity contribution is -0.123. The Labute approximate surface area is 226 Å². The normalized spacial score (nSPS) is 14.7. The molecule has 1 aromatic heterocycles. The van der Waals surface area contributed by atoms with E-state index in [0.717, 1.165) is 56.3 Å². The Balaban J connectivity index is 1.27. The van der Waals surface area contributed by atoms with Crippen molar-refractivity contribution in [1.29, 1.82) is 0 Å². The second-order valence-electron chi connectivity index (χ2n) is 9.48. The molecule has 0 unspecified atom stereocenters. The van der Waals surface area contributed by atoms with E-state index in [-0.39, 0.29) is 17.7 Å². The fraction of sp³-hybridized carbons (Fsp3) is 0.0909. The molecule has 2 heterocycles. The van der Waals surface area contributed by atoms with E-state index in [9.17, 15) is 9.59 Å². The van der Waals surface area contributed by atoms with Gasteiger partial charge in [0.15, 0.2) is 0 Å². The zero-order valence-corrected chi connectivity index (χ0v) is 22.0. The SMILES string of the molecule is Cc1cc(/C=C2\SC(=O)N(Cc3cccc4ccccc34)C2=O)c(C)n1-c1ccc(-c2ccccc2)cc1. The molecule has 1 saturated heterocycles. The number of amides is 2. The predicted molar refractivity (Wildman–Crippen MR) is 156 cm³/mol. The number of carbonyl (C=O) groups is 2. The number of rotatable bonds is 5. The summed E-state index contributed by atoms with van der Waals surface area (Å²) in [5.74, 6) is -0.245. The fourth-order valence-corrected chi connectivity index (χ4v) is 5.97. The molecule has 5 heteroatoms. The first-order chi connectivity index (χ1) is 18.5. The molecule has 0 atom stereocenters. The average molecular weight is 515 g/mol. The van der Waals surface area contributed by atoms with E-state index in [1.54, 1.807) is 0 Å². The van der Waals surface area contributed by atoms with Crippen LogP contribution < -0.4 is 0 Å². The lowest BCUT2D eigenvalue weighted by atomic mass is 10.0. The van der Waals surface area contributed by atoms with Crippen molar-refractivity contribution in [2.45, 2.75) is 20.4 Å². The van der Waals surface area contributed by atoms with Crippen LogP contribution in [0, 0.1) is 13.8 Å². The minimum Gasteiger partial charge on any atom is -0.318 e. The topological polar surface area (TPSA) is 42.3 Å². The first-order valence-electron chi connectivity index (χ1n) is 12.6. The molecule has 4 nitrogen and oxygen atoms in total. The maximum Gasteiger partial charge on any atom is 0.293 e. The van der Waals surface area contributed by atoms with Gasteiger partial charge in [0.2, 0.25) is 0 Å². The molecule has 0 saturated carbocycles. The molecular weight excluding hydrogens is 488 g/mol. The number of hydrogen-bond donors (Lipinski definition) is 0. The zero-order valence-electron chi connectivity index (χ0n) is 21.2. The first kappa shape index (κ1) is 24.0. The van der Waals surface area contributed by atoms with Crippen LogP contribution in [0.5, 0.6) is 0 Å². The number of nitrogens with zero attached hydrogens (tertiary/aromatic N) is 2. The van der Waals surface area contributed by atoms with Gasteiger partial charge in [-0.3, -0.25) is 14.5 Å². The van der Waals surface area contributed by atoms with E-state index < -0.39 is 0 Å². The van der Waals surface area contributed by atoms with Crippen LogP contribution in [-0.2, 0) is 11.3 Å². The van der Waals surface area contributed by atoms with Crippen LogP contribution >= 0.6 is 11.8 Å². The summed E-state index contributed by atoms with van der Waals surface area (Å²) in [6.45, 7) is 4.36. The molecule has 4 aromatic carbocycles. The van der Waals surface area contributed by atoms with Gasteiger partial charge in [0.1, 0.15) is 0 Å². The third kappa shape index (κ3) is 4.35. The number of hydrogen-bond acceptors (Lipinski definition) is 3. The van der Waals surface area contributed by atoms with Crippen molar-refractivity contribution in [2.24, 2.45) is 0 Å². The van der Waals surface area contributed by atoms with E-state index in [4.69, 9.17) is 0 Å². The molecule has 0 bridgehead atoms. The predicted octanol–water partition coefficient (Wildman–Crippen LogP) is 8.15. The van der Waals surface area contributed by atoms with Crippen molar-refractivity contribution in [2.75, 3.05) is 0 Å². The van der Waals surface area contributed by atoms with E-state index in [0.29, 0.717) is 4.91 Å². The largest absolute Gasteiger partial charge is 0.318 e. The third-order valence-electron chi connectivity index (χ3n) is 7.07. The van der Waals surface area contributed by atoms with Crippen LogP contribution in [0.2, 0.25) is 0 Å². The van der Waals surface area contributed by atoms with Gasteiger partial charge in [-0.25, -0.2) is 0 Å². The average Bonchev–Trinajstić information content (AvgIpc) is 3.37. The molecule has 5 aromatic rings. The second-order valence-corrected chi connectivity index (χ2v) is 10.5. The minimum absolute atomic E-state index is 0.237. The molecule has 6 rings (SSSR count). The van der Waals surface area contributed by atoms with Crippen molar-refractivity contribution in [1.82, 2.24) is 9.47 Å². The highest BCUT2D eigenvalue weighted by Crippen LogP contribution is 2.35. The number of benzene rings is 4. The lowest BCUT2D eigenvalue weighted by Gasteiger charge is -2.14. The van der Waals surface area contributed by atoms with Crippen LogP contribution in [0.1, 0.15) is 22.5 Å². The van der Waals surface area contributed by atoms with E-state index in [1.165, 1.54) is 10.5 Å². The highest BCUT2D eigenvalue weighted by molar-refractivity contribution is 8.18. The van der Waals surface area contributed by atoms with Crippen molar-refractivity contribution >= 4 is 39.8 Å². The monoisotopic (exact) mass is 514 g/mol. The number of fused-ring (bicyclic) bond motifs is 1. The van der Waals surface area contributed by atoms with Crippen molar-refractivity contribution in [3.63, 3.8) is 0 Å². The minimum atomic E-state index is -0.245. The molecule has 2 amide bonds. The number of aryl methyl sites for hydroxylation is 1. The summed E-state index contributed by atoms with van der Waals surface area (Å²) in [6.07, 6.45) is 1.85. The van der Waals surface area contributed by atoms with Gasteiger partial charge < -0.3 is 4.57 Å². The van der Waals surface area contributed by atoms with Crippen molar-refractivity contribution in [3.8, 4) is 16.8 Å². The van der Waals surface area contributed by atoms with E-state index in [2.05, 4.69) is 54.0 Å². The van der Waals surface area contributed by atoms with Gasteiger partial charge in [-0.1, -0.05) is 84.9 Å². The molecular formula is C33H26N2O2S. The maximum absolute atomic E-state index is 13.3. The Hall–Kier alpha value is -4.35. The Morgan fingerprint density at radius 1 is 0.763 bits per heavy atom. The summed E-state index contributed by atoms with van der Waals surface area (Å²) in [5.41, 5.74) is 7.39. The third-order valence-corrected chi connectivity index (χ3v) is 7.98. The molecule has 1 aliphatic heterocycles. The number of imide groups is 1. The summed E-state index contributed by atoms with van der Waals surface area (Å²) in [4.78, 5) is 28.0. The van der Waals surface area contributed by atoms with Gasteiger partial charge >= 0.3 is 0 Å². The van der Waals surface area contributed by atoms with E-state index >= 15 is 0 Å². The van der Waals surface area contributed by atoms with Gasteiger partial charge in [-0.15, -0.1) is 0 Å². The molecule has 0 N–H and O–H groups in total. The highest BCUT2D eigenvalue weighted by Gasteiger charge is 2.35. The fourth-order valence-electron chi connectivity index (χ4n) is 5.14. The molecule has 1 aliphatic rings. The van der Waals surface area contributed by atoms with Crippen molar-refractivity contribution < 1.29 is 9.59 Å². The van der Waals surface area contributed by atoms with Crippen LogP contribution in [-0.4, -0.2) is 20.6 Å². The summed E-state index contributed by atoms with van der Waals surface area (Å²) in [7, 11) is 0. The van der Waals surface area contributed by atoms with Crippen LogP contribution in [0.3, 0.4) is 0 Å². The second kappa shape index (κ2) is 9.84. The highest BCUT2D eigenvalue weighted by atomic mass is 32.2. The van der Waals surface area contributed by atoms with Gasteiger partial charge in [0, 0.05) is 17.1 Å². The molecule has 0 spiro atoms. The Morgan fingerprint density at radius 3 is 2.24 bits per heavy atom. The molecule has 1 fully saturated rings. The summed E-state index contributed by atoms with van der Waals surface area (Å²) < 4.78 is 2.18. The van der Waals surface area contributed by atoms with Gasteiger partial charge in [0.05, 0.1) is 11.4 Å². The zero-order chi connectivity index (χ0) is 26.2. The standard InChI is InChI=1S/C33H26N2O2S/c1-22-19-28(23(2)35(22)29-17-15-25(16-18-29)24-9-4-3-5-10-24)20-31-32(36)34(33(37)38-31)21-27-13-8-12-26-11-6-7-14-30(26)27/h3-20H,21H2,1-2H3/b31-20-. The smallest absolute Gasteiger partial charge is 0.293 e. The number of carbonyl (C=O) groups excluding carboxylic acids is 2. The van der Waals surface area contributed by atoms with E-state index in [1.807, 2.05) is 73.7 Å². The van der Waals surface area contributed by atoms with Gasteiger partial charge in [0.25, 0.3) is 11.1 Å². The molecule has 0 aliphatic carbocycles. The lowest BCUT2D eigenvalue weighted by Crippen LogP contribution is -2.27. The van der Waals surface area contributed by atoms with Crippen LogP contribution in [0.15, 0.2) is 108 Å². The molecule has 186 valence electrons. The van der Waals surface area contributed by atoms with Crippen LogP contribution in [0.25, 0.3) is 33.7 Å². The summed E-state index contributed by atoms with van der Waals surface area (Å²) >= 11 is 1.01. The molecule has 38 heavy (non-hydrogen) atoms. The number of aromatic nitrogens is 1. The van der Waals surface area contributed by atoms with Gasteiger partial charge in [-0.05, 0) is 82.9 Å². The number of thioether (sulfide) groups is 1. The maximum atomic E-state index is 13.3. The first-order valence-corrected chi connectivity index (χ1v) is 13.4. The quantitative estimate of drug-likeness (QED) is 0.222. The Morgan fingerprint density at radius 2 is 1.45 bits per heavy atom. The van der Waals surface area contributed by atoms with Crippen LogP contribution in [0.4, 0.5) is 4.79 Å². The summed E-state index contributed by atoms with van der Waals surface area (Å²) in [6, 6.07) is 34.9. The van der Waals surface area contributed by atoms with Crippen molar-refractivity contribution in [3.05, 3.63) is 131 Å². The Kier molecular flexibility index (Phi) is 6.22.